The van der Waals surface area contributed by atoms with Crippen molar-refractivity contribution in [1.29, 1.82) is 0 Å². The van der Waals surface area contributed by atoms with Crippen LogP contribution in [0.4, 0.5) is 0 Å². The topological polar surface area (TPSA) is 36.4 Å². The van der Waals surface area contributed by atoms with Crippen molar-refractivity contribution < 1.29 is 5.11 Å². The van der Waals surface area contributed by atoms with Crippen LogP contribution < -0.4 is 0 Å². The molecule has 0 aliphatic carbocycles. The van der Waals surface area contributed by atoms with Crippen LogP contribution >= 0.6 is 11.3 Å². The van der Waals surface area contributed by atoms with Crippen LogP contribution in [-0.4, -0.2) is 41.7 Å². The van der Waals surface area contributed by atoms with Crippen LogP contribution in [0, 0.1) is 6.92 Å². The van der Waals surface area contributed by atoms with Gasteiger partial charge >= 0.3 is 0 Å². The second-order valence-electron chi connectivity index (χ2n) is 3.14. The minimum absolute atomic E-state index is 0.234. The summed E-state index contributed by atoms with van der Waals surface area (Å²) in [6, 6.07) is 0. The van der Waals surface area contributed by atoms with E-state index < -0.39 is 0 Å². The summed E-state index contributed by atoms with van der Waals surface area (Å²) in [6.45, 7) is 4.01. The monoisotopic (exact) mass is 200 g/mol. The van der Waals surface area contributed by atoms with Crippen molar-refractivity contribution in [2.45, 2.75) is 13.3 Å². The normalized spacial score (nSPS) is 11.1. The molecule has 0 aromatic carbocycles. The molecule has 1 N–H and O–H groups in total. The van der Waals surface area contributed by atoms with Crippen molar-refractivity contribution in [2.75, 3.05) is 26.7 Å². The maximum atomic E-state index is 8.70. The summed E-state index contributed by atoms with van der Waals surface area (Å²) in [5, 5.41) is 8.70. The van der Waals surface area contributed by atoms with E-state index >= 15 is 0 Å². The molecule has 0 spiro atoms. The molecule has 3 nitrogen and oxygen atoms in total. The summed E-state index contributed by atoms with van der Waals surface area (Å²) in [4.78, 5) is 7.67. The second-order valence-corrected chi connectivity index (χ2v) is 4.08. The van der Waals surface area contributed by atoms with Crippen molar-refractivity contribution >= 4 is 11.3 Å². The zero-order valence-electron chi connectivity index (χ0n) is 8.16. The average molecular weight is 200 g/mol. The van der Waals surface area contributed by atoms with Gasteiger partial charge in [0.15, 0.2) is 0 Å². The average Bonchev–Trinajstić information content (AvgIpc) is 2.48. The molecule has 0 bridgehead atoms. The van der Waals surface area contributed by atoms with E-state index in [-0.39, 0.29) is 6.61 Å². The van der Waals surface area contributed by atoms with Gasteiger partial charge in [-0.2, -0.15) is 0 Å². The summed E-state index contributed by atoms with van der Waals surface area (Å²) in [7, 11) is 2.02. The molecule has 0 saturated carbocycles. The minimum atomic E-state index is 0.234. The van der Waals surface area contributed by atoms with Gasteiger partial charge in [0, 0.05) is 18.0 Å². The molecular weight excluding hydrogens is 184 g/mol. The van der Waals surface area contributed by atoms with Crippen LogP contribution in [-0.2, 0) is 6.42 Å². The van der Waals surface area contributed by atoms with Gasteiger partial charge in [-0.1, -0.05) is 0 Å². The van der Waals surface area contributed by atoms with E-state index in [0.29, 0.717) is 0 Å². The fourth-order valence-electron chi connectivity index (χ4n) is 1.14. The molecule has 4 heteroatoms. The molecule has 0 aliphatic rings. The predicted octanol–water partition coefficient (Wildman–Crippen LogP) is 0.918. The highest BCUT2D eigenvalue weighted by atomic mass is 32.1. The summed E-state index contributed by atoms with van der Waals surface area (Å²) in [5.41, 5.74) is 3.03. The number of hydrogen-bond acceptors (Lipinski definition) is 4. The first-order chi connectivity index (χ1) is 6.24. The van der Waals surface area contributed by atoms with Crippen molar-refractivity contribution in [3.05, 3.63) is 16.1 Å². The zero-order valence-corrected chi connectivity index (χ0v) is 8.97. The lowest BCUT2D eigenvalue weighted by atomic mass is 10.3. The molecule has 0 atom stereocenters. The Balaban J connectivity index is 2.30. The Labute approximate surface area is 83.0 Å². The lowest BCUT2D eigenvalue weighted by Crippen LogP contribution is -2.24. The highest BCUT2D eigenvalue weighted by Gasteiger charge is 2.02. The Morgan fingerprint density at radius 1 is 1.54 bits per heavy atom. The lowest BCUT2D eigenvalue weighted by Gasteiger charge is -2.13. The van der Waals surface area contributed by atoms with E-state index in [9.17, 15) is 0 Å². The fraction of sp³-hybridized carbons (Fsp3) is 0.667. The molecule has 1 rings (SSSR count). The van der Waals surface area contributed by atoms with E-state index in [4.69, 9.17) is 5.11 Å². The van der Waals surface area contributed by atoms with Gasteiger partial charge in [-0.05, 0) is 20.4 Å². The van der Waals surface area contributed by atoms with Gasteiger partial charge in [-0.3, -0.25) is 0 Å². The second kappa shape index (κ2) is 5.32. The van der Waals surface area contributed by atoms with Crippen LogP contribution in [0.3, 0.4) is 0 Å². The molecule has 0 fully saturated rings. The first kappa shape index (κ1) is 10.6. The van der Waals surface area contributed by atoms with Crippen LogP contribution in [0.5, 0.6) is 0 Å². The van der Waals surface area contributed by atoms with E-state index in [2.05, 4.69) is 9.88 Å². The molecule has 1 heterocycles. The third kappa shape index (κ3) is 3.42. The smallest absolute Gasteiger partial charge is 0.0797 e. The molecular formula is C9H16N2OS. The standard InChI is InChI=1S/C9H16N2OS/c1-8-9(13-7-10-8)3-4-11(2)5-6-12/h7,12H,3-6H2,1-2H3. The summed E-state index contributed by atoms with van der Waals surface area (Å²) >= 11 is 1.71. The number of aromatic nitrogens is 1. The van der Waals surface area contributed by atoms with Gasteiger partial charge in [0.05, 0.1) is 17.8 Å². The Bertz CT molecular complexity index is 250. The van der Waals surface area contributed by atoms with Gasteiger partial charge in [0.1, 0.15) is 0 Å². The molecule has 1 aromatic rings. The summed E-state index contributed by atoms with van der Waals surface area (Å²) in [5.74, 6) is 0. The first-order valence-corrected chi connectivity index (χ1v) is 5.30. The molecule has 0 saturated heterocycles. The molecule has 1 aromatic heterocycles. The Hall–Kier alpha value is -0.450. The SMILES string of the molecule is Cc1ncsc1CCN(C)CCO. The quantitative estimate of drug-likeness (QED) is 0.768. The fourth-order valence-corrected chi connectivity index (χ4v) is 1.91. The van der Waals surface area contributed by atoms with Gasteiger partial charge in [-0.15, -0.1) is 11.3 Å². The van der Waals surface area contributed by atoms with Crippen molar-refractivity contribution in [3.8, 4) is 0 Å². The number of likely N-dealkylation sites (N-methyl/N-ethyl adjacent to an activating group) is 1. The highest BCUT2D eigenvalue weighted by Crippen LogP contribution is 2.12. The Morgan fingerprint density at radius 2 is 2.31 bits per heavy atom. The third-order valence-electron chi connectivity index (χ3n) is 2.05. The zero-order chi connectivity index (χ0) is 9.68. The number of aliphatic hydroxyl groups excluding tert-OH is 1. The molecule has 0 unspecified atom stereocenters. The van der Waals surface area contributed by atoms with E-state index in [1.807, 2.05) is 19.5 Å². The highest BCUT2D eigenvalue weighted by molar-refractivity contribution is 7.09. The van der Waals surface area contributed by atoms with Gasteiger partial charge in [0.2, 0.25) is 0 Å². The maximum absolute atomic E-state index is 8.70. The van der Waals surface area contributed by atoms with Crippen molar-refractivity contribution in [2.24, 2.45) is 0 Å². The number of hydrogen-bond donors (Lipinski definition) is 1. The maximum Gasteiger partial charge on any atom is 0.0797 e. The number of rotatable bonds is 5. The van der Waals surface area contributed by atoms with Crippen LogP contribution in [0.1, 0.15) is 10.6 Å². The van der Waals surface area contributed by atoms with Crippen LogP contribution in [0.2, 0.25) is 0 Å². The molecule has 74 valence electrons. The molecule has 0 amide bonds. The first-order valence-electron chi connectivity index (χ1n) is 4.42. The lowest BCUT2D eigenvalue weighted by molar-refractivity contribution is 0.223. The third-order valence-corrected chi connectivity index (χ3v) is 3.04. The van der Waals surface area contributed by atoms with E-state index in [1.54, 1.807) is 11.3 Å². The minimum Gasteiger partial charge on any atom is -0.395 e. The van der Waals surface area contributed by atoms with Crippen molar-refractivity contribution in [1.82, 2.24) is 9.88 Å². The van der Waals surface area contributed by atoms with Crippen LogP contribution in [0.25, 0.3) is 0 Å². The number of aryl methyl sites for hydroxylation is 1. The number of thiazole rings is 1. The van der Waals surface area contributed by atoms with Gasteiger partial charge in [0.25, 0.3) is 0 Å². The molecule has 0 radical (unpaired) electrons. The van der Waals surface area contributed by atoms with Gasteiger partial charge in [-0.25, -0.2) is 4.98 Å². The summed E-state index contributed by atoms with van der Waals surface area (Å²) in [6.07, 6.45) is 1.03. The molecule has 13 heavy (non-hydrogen) atoms. The van der Waals surface area contributed by atoms with Crippen LogP contribution in [0.15, 0.2) is 5.51 Å². The van der Waals surface area contributed by atoms with E-state index in [1.165, 1.54) is 4.88 Å². The number of nitrogens with zero attached hydrogens (tertiary/aromatic N) is 2. The number of aliphatic hydroxyl groups is 1. The predicted molar refractivity (Wildman–Crippen MR) is 55.1 cm³/mol. The largest absolute Gasteiger partial charge is 0.395 e. The Kier molecular flexibility index (Phi) is 4.35. The van der Waals surface area contributed by atoms with E-state index in [0.717, 1.165) is 25.2 Å². The molecule has 0 aliphatic heterocycles. The summed E-state index contributed by atoms with van der Waals surface area (Å²) < 4.78 is 0. The Morgan fingerprint density at radius 3 is 2.85 bits per heavy atom. The van der Waals surface area contributed by atoms with Gasteiger partial charge < -0.3 is 10.0 Å². The van der Waals surface area contributed by atoms with Crippen molar-refractivity contribution in [3.63, 3.8) is 0 Å².